The summed E-state index contributed by atoms with van der Waals surface area (Å²) in [5.41, 5.74) is 1.14. The first-order valence-corrected chi connectivity index (χ1v) is 10.4. The van der Waals surface area contributed by atoms with Gasteiger partial charge in [0.05, 0.1) is 14.2 Å². The summed E-state index contributed by atoms with van der Waals surface area (Å²) in [6, 6.07) is 6.42. The van der Waals surface area contributed by atoms with Crippen molar-refractivity contribution in [2.75, 3.05) is 27.3 Å². The fourth-order valence-electron chi connectivity index (χ4n) is 4.42. The van der Waals surface area contributed by atoms with Crippen molar-refractivity contribution in [1.29, 1.82) is 0 Å². The fraction of sp³-hybridized carbons (Fsp3) is 0.682. The van der Waals surface area contributed by atoms with Crippen LogP contribution < -0.4 is 14.8 Å². The monoisotopic (exact) mass is 374 g/mol. The molecule has 150 valence electrons. The number of hydrogen-bond donors (Lipinski definition) is 1. The number of rotatable bonds is 6. The van der Waals surface area contributed by atoms with E-state index >= 15 is 0 Å². The molecule has 1 saturated heterocycles. The standard InChI is InChI=1S/C22H34N2O3/c1-26-20-11-7-8-18(21(20)27-2)16-24-14-12-17(13-15-24)22(25)23-19-9-5-3-4-6-10-19/h7-8,11,17,19H,3-6,9-10,12-16H2,1-2H3,(H,23,25). The Morgan fingerprint density at radius 2 is 1.74 bits per heavy atom. The molecule has 0 spiro atoms. The van der Waals surface area contributed by atoms with E-state index in [9.17, 15) is 4.79 Å². The first-order valence-electron chi connectivity index (χ1n) is 10.4. The van der Waals surface area contributed by atoms with E-state index in [0.29, 0.717) is 6.04 Å². The zero-order chi connectivity index (χ0) is 19.1. The average molecular weight is 375 g/mol. The van der Waals surface area contributed by atoms with Crippen LogP contribution in [-0.2, 0) is 11.3 Å². The van der Waals surface area contributed by atoms with Crippen LogP contribution in [0.15, 0.2) is 18.2 Å². The number of carbonyl (C=O) groups excluding carboxylic acids is 1. The summed E-state index contributed by atoms with van der Waals surface area (Å²) in [4.78, 5) is 15.1. The molecule has 1 heterocycles. The highest BCUT2D eigenvalue weighted by atomic mass is 16.5. The zero-order valence-electron chi connectivity index (χ0n) is 16.8. The molecule has 5 heteroatoms. The number of benzene rings is 1. The minimum atomic E-state index is 0.164. The van der Waals surface area contributed by atoms with E-state index in [1.165, 1.54) is 25.7 Å². The number of likely N-dealkylation sites (tertiary alicyclic amines) is 1. The lowest BCUT2D eigenvalue weighted by Crippen LogP contribution is -2.43. The van der Waals surface area contributed by atoms with Gasteiger partial charge in [0.2, 0.25) is 5.91 Å². The third kappa shape index (κ3) is 5.38. The Morgan fingerprint density at radius 3 is 2.37 bits per heavy atom. The van der Waals surface area contributed by atoms with Crippen LogP contribution in [0.4, 0.5) is 0 Å². The van der Waals surface area contributed by atoms with E-state index in [0.717, 1.165) is 62.4 Å². The van der Waals surface area contributed by atoms with E-state index in [1.54, 1.807) is 14.2 Å². The van der Waals surface area contributed by atoms with Crippen LogP contribution in [0.5, 0.6) is 11.5 Å². The molecule has 1 aliphatic heterocycles. The van der Waals surface area contributed by atoms with Crippen molar-refractivity contribution in [3.05, 3.63) is 23.8 Å². The number of methoxy groups -OCH3 is 2. The summed E-state index contributed by atoms with van der Waals surface area (Å²) >= 11 is 0. The molecule has 1 saturated carbocycles. The number of ether oxygens (including phenoxy) is 2. The summed E-state index contributed by atoms with van der Waals surface area (Å²) in [5, 5.41) is 3.33. The quantitative estimate of drug-likeness (QED) is 0.771. The van der Waals surface area contributed by atoms with E-state index in [4.69, 9.17) is 9.47 Å². The van der Waals surface area contributed by atoms with Gasteiger partial charge in [0.1, 0.15) is 0 Å². The Labute approximate surface area is 163 Å². The van der Waals surface area contributed by atoms with Crippen molar-refractivity contribution in [2.24, 2.45) is 5.92 Å². The molecule has 2 aliphatic rings. The van der Waals surface area contributed by atoms with Crippen LogP contribution in [0, 0.1) is 5.92 Å². The molecule has 3 rings (SSSR count). The second-order valence-corrected chi connectivity index (χ2v) is 7.90. The fourth-order valence-corrected chi connectivity index (χ4v) is 4.42. The van der Waals surface area contributed by atoms with Crippen molar-refractivity contribution < 1.29 is 14.3 Å². The third-order valence-electron chi connectivity index (χ3n) is 6.04. The second-order valence-electron chi connectivity index (χ2n) is 7.90. The number of nitrogens with one attached hydrogen (secondary N) is 1. The van der Waals surface area contributed by atoms with E-state index in [-0.39, 0.29) is 11.8 Å². The Bertz CT molecular complexity index is 604. The molecule has 0 aromatic heterocycles. The summed E-state index contributed by atoms with van der Waals surface area (Å²) in [7, 11) is 3.35. The molecular weight excluding hydrogens is 340 g/mol. The Kier molecular flexibility index (Phi) is 7.39. The maximum atomic E-state index is 12.7. The smallest absolute Gasteiger partial charge is 0.223 e. The van der Waals surface area contributed by atoms with Gasteiger partial charge >= 0.3 is 0 Å². The Morgan fingerprint density at radius 1 is 1.04 bits per heavy atom. The van der Waals surface area contributed by atoms with Gasteiger partial charge in [-0.2, -0.15) is 0 Å². The van der Waals surface area contributed by atoms with Crippen LogP contribution in [0.2, 0.25) is 0 Å². The lowest BCUT2D eigenvalue weighted by Gasteiger charge is -2.32. The lowest BCUT2D eigenvalue weighted by atomic mass is 9.94. The van der Waals surface area contributed by atoms with Gasteiger partial charge in [-0.3, -0.25) is 9.69 Å². The zero-order valence-corrected chi connectivity index (χ0v) is 16.8. The molecule has 1 aromatic carbocycles. The molecule has 0 bridgehead atoms. The third-order valence-corrected chi connectivity index (χ3v) is 6.04. The van der Waals surface area contributed by atoms with Crippen molar-refractivity contribution >= 4 is 5.91 Å². The van der Waals surface area contributed by atoms with Gasteiger partial charge < -0.3 is 14.8 Å². The van der Waals surface area contributed by atoms with Gasteiger partial charge in [0.25, 0.3) is 0 Å². The Balaban J connectivity index is 1.49. The summed E-state index contributed by atoms with van der Waals surface area (Å²) in [6.07, 6.45) is 9.32. The Hall–Kier alpha value is -1.75. The van der Waals surface area contributed by atoms with Crippen LogP contribution in [0.25, 0.3) is 0 Å². The van der Waals surface area contributed by atoms with Gasteiger partial charge in [0.15, 0.2) is 11.5 Å². The van der Waals surface area contributed by atoms with Crippen LogP contribution in [-0.4, -0.2) is 44.2 Å². The van der Waals surface area contributed by atoms with Gasteiger partial charge in [-0.15, -0.1) is 0 Å². The van der Waals surface area contributed by atoms with Gasteiger partial charge in [-0.05, 0) is 44.8 Å². The van der Waals surface area contributed by atoms with Crippen LogP contribution in [0.3, 0.4) is 0 Å². The van der Waals surface area contributed by atoms with Crippen molar-refractivity contribution in [3.63, 3.8) is 0 Å². The van der Waals surface area contributed by atoms with E-state index < -0.39 is 0 Å². The molecule has 1 N–H and O–H groups in total. The summed E-state index contributed by atoms with van der Waals surface area (Å²) in [6.45, 7) is 2.73. The first-order chi connectivity index (χ1) is 13.2. The first kappa shape index (κ1) is 20.0. The molecule has 0 unspecified atom stereocenters. The summed E-state index contributed by atoms with van der Waals surface area (Å²) < 4.78 is 10.9. The maximum Gasteiger partial charge on any atom is 0.223 e. The second kappa shape index (κ2) is 9.98. The highest BCUT2D eigenvalue weighted by molar-refractivity contribution is 5.79. The number of carbonyl (C=O) groups is 1. The molecule has 0 radical (unpaired) electrons. The highest BCUT2D eigenvalue weighted by Gasteiger charge is 2.27. The number of hydrogen-bond acceptors (Lipinski definition) is 4. The molecule has 5 nitrogen and oxygen atoms in total. The van der Waals surface area contributed by atoms with Gasteiger partial charge in [-0.25, -0.2) is 0 Å². The van der Waals surface area contributed by atoms with Crippen molar-refractivity contribution in [1.82, 2.24) is 10.2 Å². The topological polar surface area (TPSA) is 50.8 Å². The largest absolute Gasteiger partial charge is 0.493 e. The molecule has 1 amide bonds. The van der Waals surface area contributed by atoms with Gasteiger partial charge in [0, 0.05) is 24.1 Å². The van der Waals surface area contributed by atoms with Crippen LogP contribution >= 0.6 is 0 Å². The number of nitrogens with zero attached hydrogens (tertiary/aromatic N) is 1. The molecule has 1 aliphatic carbocycles. The molecular formula is C22H34N2O3. The molecule has 2 fully saturated rings. The molecule has 27 heavy (non-hydrogen) atoms. The predicted molar refractivity (Wildman–Crippen MR) is 107 cm³/mol. The van der Waals surface area contributed by atoms with E-state index in [1.807, 2.05) is 12.1 Å². The maximum absolute atomic E-state index is 12.7. The SMILES string of the molecule is COc1cccc(CN2CCC(C(=O)NC3CCCCCC3)CC2)c1OC. The molecule has 1 aromatic rings. The number of piperidine rings is 1. The number of para-hydroxylation sites is 1. The van der Waals surface area contributed by atoms with Crippen molar-refractivity contribution in [2.45, 2.75) is 64.0 Å². The minimum absolute atomic E-state index is 0.164. The van der Waals surface area contributed by atoms with Gasteiger partial charge in [-0.1, -0.05) is 37.8 Å². The number of amides is 1. The lowest BCUT2D eigenvalue weighted by molar-refractivity contribution is -0.127. The van der Waals surface area contributed by atoms with Crippen LogP contribution in [0.1, 0.15) is 56.9 Å². The summed E-state index contributed by atoms with van der Waals surface area (Å²) in [5.74, 6) is 2.03. The highest BCUT2D eigenvalue weighted by Crippen LogP contribution is 2.32. The normalized spacial score (nSPS) is 20.1. The molecule has 0 atom stereocenters. The van der Waals surface area contributed by atoms with E-state index in [2.05, 4.69) is 16.3 Å². The van der Waals surface area contributed by atoms with Crippen molar-refractivity contribution in [3.8, 4) is 11.5 Å². The predicted octanol–water partition coefficient (Wildman–Crippen LogP) is 3.75. The minimum Gasteiger partial charge on any atom is -0.493 e. The average Bonchev–Trinajstić information content (AvgIpc) is 2.97.